The summed E-state index contributed by atoms with van der Waals surface area (Å²) in [6.07, 6.45) is 3.70. The maximum Gasteiger partial charge on any atom is 0.321 e. The second kappa shape index (κ2) is 9.47. The molecule has 2 aromatic carbocycles. The standard InChI is InChI=1S/C23H29ClN4O2/c1-30-20-8-6-19(7-9-20)26-13-15-28(16-14-26)23(29)25-18-5-10-22(21(24)17-18)27-11-3-2-4-12-27/h5-10,17H,2-4,11-16H2,1H3,(H,25,29). The van der Waals surface area contributed by atoms with Crippen molar-refractivity contribution >= 4 is 34.7 Å². The number of carbonyl (C=O) groups excluding carboxylic acids is 1. The quantitative estimate of drug-likeness (QED) is 0.767. The average Bonchev–Trinajstić information content (AvgIpc) is 2.80. The minimum atomic E-state index is -0.0776. The zero-order valence-electron chi connectivity index (χ0n) is 17.4. The first-order valence-corrected chi connectivity index (χ1v) is 11.0. The molecule has 0 spiro atoms. The highest BCUT2D eigenvalue weighted by molar-refractivity contribution is 6.33. The monoisotopic (exact) mass is 428 g/mol. The Kier molecular flexibility index (Phi) is 6.53. The third-order valence-corrected chi connectivity index (χ3v) is 6.20. The van der Waals surface area contributed by atoms with Crippen LogP contribution in [-0.4, -0.2) is 57.3 Å². The van der Waals surface area contributed by atoms with Gasteiger partial charge in [-0.25, -0.2) is 4.79 Å². The van der Waals surface area contributed by atoms with Crippen molar-refractivity contribution in [2.24, 2.45) is 0 Å². The summed E-state index contributed by atoms with van der Waals surface area (Å²) in [7, 11) is 1.67. The van der Waals surface area contributed by atoms with E-state index in [0.29, 0.717) is 18.1 Å². The van der Waals surface area contributed by atoms with E-state index in [1.807, 2.05) is 35.2 Å². The number of halogens is 1. The maximum atomic E-state index is 12.7. The third kappa shape index (κ3) is 4.75. The minimum Gasteiger partial charge on any atom is -0.497 e. The maximum absolute atomic E-state index is 12.7. The van der Waals surface area contributed by atoms with E-state index in [9.17, 15) is 4.79 Å². The van der Waals surface area contributed by atoms with Crippen molar-refractivity contribution in [3.05, 3.63) is 47.5 Å². The van der Waals surface area contributed by atoms with E-state index in [0.717, 1.165) is 49.0 Å². The van der Waals surface area contributed by atoms with Crippen molar-refractivity contribution in [2.75, 3.05) is 61.5 Å². The molecule has 0 aromatic heterocycles. The van der Waals surface area contributed by atoms with E-state index >= 15 is 0 Å². The van der Waals surface area contributed by atoms with Gasteiger partial charge in [0.15, 0.2) is 0 Å². The van der Waals surface area contributed by atoms with Crippen LogP contribution in [-0.2, 0) is 0 Å². The minimum absolute atomic E-state index is 0.0776. The van der Waals surface area contributed by atoms with E-state index in [-0.39, 0.29) is 6.03 Å². The normalized spacial score (nSPS) is 17.1. The lowest BCUT2D eigenvalue weighted by molar-refractivity contribution is 0.208. The Morgan fingerprint density at radius 3 is 2.23 bits per heavy atom. The molecule has 0 unspecified atom stereocenters. The number of benzene rings is 2. The molecule has 2 aliphatic rings. The van der Waals surface area contributed by atoms with Gasteiger partial charge in [-0.3, -0.25) is 0 Å². The Hall–Kier alpha value is -2.60. The van der Waals surface area contributed by atoms with Gasteiger partial charge in [0.2, 0.25) is 0 Å². The van der Waals surface area contributed by atoms with E-state index in [1.54, 1.807) is 7.11 Å². The van der Waals surface area contributed by atoms with Crippen LogP contribution in [0, 0.1) is 0 Å². The number of nitrogens with zero attached hydrogens (tertiary/aromatic N) is 3. The first kappa shape index (κ1) is 20.7. The highest BCUT2D eigenvalue weighted by atomic mass is 35.5. The van der Waals surface area contributed by atoms with Crippen LogP contribution in [0.1, 0.15) is 19.3 Å². The molecule has 6 nitrogen and oxygen atoms in total. The molecule has 7 heteroatoms. The van der Waals surface area contributed by atoms with Gasteiger partial charge in [-0.1, -0.05) is 11.6 Å². The molecule has 2 fully saturated rings. The molecule has 4 rings (SSSR count). The van der Waals surface area contributed by atoms with Gasteiger partial charge in [-0.15, -0.1) is 0 Å². The Balaban J connectivity index is 1.31. The second-order valence-electron chi connectivity index (χ2n) is 7.82. The number of hydrogen-bond acceptors (Lipinski definition) is 4. The molecule has 1 N–H and O–H groups in total. The van der Waals surface area contributed by atoms with Crippen molar-refractivity contribution in [1.82, 2.24) is 4.90 Å². The predicted molar refractivity (Wildman–Crippen MR) is 123 cm³/mol. The van der Waals surface area contributed by atoms with Crippen LogP contribution in [0.3, 0.4) is 0 Å². The van der Waals surface area contributed by atoms with Crippen LogP contribution < -0.4 is 19.9 Å². The van der Waals surface area contributed by atoms with Crippen molar-refractivity contribution in [3.8, 4) is 5.75 Å². The highest BCUT2D eigenvalue weighted by Gasteiger charge is 2.22. The fourth-order valence-electron chi connectivity index (χ4n) is 4.14. The summed E-state index contributed by atoms with van der Waals surface area (Å²) in [5, 5.41) is 3.69. The molecule has 2 saturated heterocycles. The number of piperazine rings is 1. The second-order valence-corrected chi connectivity index (χ2v) is 8.22. The smallest absolute Gasteiger partial charge is 0.321 e. The summed E-state index contributed by atoms with van der Waals surface area (Å²) in [5.41, 5.74) is 2.95. The summed E-state index contributed by atoms with van der Waals surface area (Å²) in [6.45, 7) is 5.05. The van der Waals surface area contributed by atoms with Gasteiger partial charge in [-0.2, -0.15) is 0 Å². The van der Waals surface area contributed by atoms with Crippen molar-refractivity contribution in [3.63, 3.8) is 0 Å². The lowest BCUT2D eigenvalue weighted by atomic mass is 10.1. The Morgan fingerprint density at radius 1 is 0.900 bits per heavy atom. The molecule has 0 bridgehead atoms. The number of piperidine rings is 1. The summed E-state index contributed by atoms with van der Waals surface area (Å²) in [4.78, 5) is 19.2. The molecule has 30 heavy (non-hydrogen) atoms. The van der Waals surface area contributed by atoms with Crippen molar-refractivity contribution in [1.29, 1.82) is 0 Å². The molecule has 0 radical (unpaired) electrons. The lowest BCUT2D eigenvalue weighted by Crippen LogP contribution is -2.50. The van der Waals surface area contributed by atoms with Crippen LogP contribution in [0.4, 0.5) is 21.9 Å². The van der Waals surface area contributed by atoms with E-state index in [1.165, 1.54) is 19.3 Å². The fourth-order valence-corrected chi connectivity index (χ4v) is 4.44. The predicted octanol–water partition coefficient (Wildman–Crippen LogP) is 4.69. The number of nitrogens with one attached hydrogen (secondary N) is 1. The summed E-state index contributed by atoms with van der Waals surface area (Å²) in [6, 6.07) is 13.8. The molecule has 2 amide bonds. The van der Waals surface area contributed by atoms with Crippen LogP contribution in [0.2, 0.25) is 5.02 Å². The SMILES string of the molecule is COc1ccc(N2CCN(C(=O)Nc3ccc(N4CCCCC4)c(Cl)c3)CC2)cc1. The highest BCUT2D eigenvalue weighted by Crippen LogP contribution is 2.31. The van der Waals surface area contributed by atoms with Crippen LogP contribution in [0.15, 0.2) is 42.5 Å². The molecule has 160 valence electrons. The fraction of sp³-hybridized carbons (Fsp3) is 0.435. The Labute approximate surface area is 183 Å². The Morgan fingerprint density at radius 2 is 1.60 bits per heavy atom. The largest absolute Gasteiger partial charge is 0.497 e. The molecule has 2 aromatic rings. The summed E-state index contributed by atoms with van der Waals surface area (Å²) in [5.74, 6) is 0.849. The van der Waals surface area contributed by atoms with Gasteiger partial charge in [0.05, 0.1) is 17.8 Å². The number of amides is 2. The van der Waals surface area contributed by atoms with Crippen LogP contribution in [0.5, 0.6) is 5.75 Å². The van der Waals surface area contributed by atoms with E-state index in [4.69, 9.17) is 16.3 Å². The molecule has 2 aliphatic heterocycles. The molecular weight excluding hydrogens is 400 g/mol. The zero-order valence-corrected chi connectivity index (χ0v) is 18.2. The number of methoxy groups -OCH3 is 1. The van der Waals surface area contributed by atoms with Gasteiger partial charge in [0.25, 0.3) is 0 Å². The number of carbonyl (C=O) groups is 1. The van der Waals surface area contributed by atoms with E-state index < -0.39 is 0 Å². The number of urea groups is 1. The summed E-state index contributed by atoms with van der Waals surface area (Å²) < 4.78 is 5.22. The van der Waals surface area contributed by atoms with Gasteiger partial charge in [-0.05, 0) is 61.7 Å². The van der Waals surface area contributed by atoms with Crippen molar-refractivity contribution < 1.29 is 9.53 Å². The molecule has 0 saturated carbocycles. The van der Waals surface area contributed by atoms with E-state index in [2.05, 4.69) is 27.2 Å². The summed E-state index contributed by atoms with van der Waals surface area (Å²) >= 11 is 6.52. The van der Waals surface area contributed by atoms with Crippen LogP contribution >= 0.6 is 11.6 Å². The first-order valence-electron chi connectivity index (χ1n) is 10.6. The zero-order chi connectivity index (χ0) is 20.9. The topological polar surface area (TPSA) is 48.1 Å². The number of hydrogen-bond donors (Lipinski definition) is 1. The van der Waals surface area contributed by atoms with Crippen molar-refractivity contribution in [2.45, 2.75) is 19.3 Å². The van der Waals surface area contributed by atoms with Gasteiger partial charge in [0, 0.05) is 50.6 Å². The third-order valence-electron chi connectivity index (χ3n) is 5.90. The average molecular weight is 429 g/mol. The number of ether oxygens (including phenoxy) is 1. The molecule has 0 aliphatic carbocycles. The molecular formula is C23H29ClN4O2. The van der Waals surface area contributed by atoms with Gasteiger partial charge < -0.3 is 24.8 Å². The molecule has 2 heterocycles. The van der Waals surface area contributed by atoms with Crippen LogP contribution in [0.25, 0.3) is 0 Å². The number of rotatable bonds is 4. The van der Waals surface area contributed by atoms with Gasteiger partial charge in [0.1, 0.15) is 5.75 Å². The lowest BCUT2D eigenvalue weighted by Gasteiger charge is -2.36. The first-order chi connectivity index (χ1) is 14.6. The molecule has 0 atom stereocenters. The Bertz CT molecular complexity index is 860. The number of anilines is 3. The van der Waals surface area contributed by atoms with Gasteiger partial charge >= 0.3 is 6.03 Å².